The van der Waals surface area contributed by atoms with E-state index in [1.54, 1.807) is 18.5 Å². The monoisotopic (exact) mass is 288 g/mol. The number of hydrogen-bond acceptors (Lipinski definition) is 5. The number of rotatable bonds is 3. The summed E-state index contributed by atoms with van der Waals surface area (Å²) in [6.45, 7) is 0. The molecular weight excluding hydrogens is 280 g/mol. The smallest absolute Gasteiger partial charge is 0.228 e. The third kappa shape index (κ3) is 2.89. The molecule has 94 valence electrons. The van der Waals surface area contributed by atoms with E-state index in [9.17, 15) is 0 Å². The van der Waals surface area contributed by atoms with Crippen molar-refractivity contribution in [2.24, 2.45) is 0 Å². The van der Waals surface area contributed by atoms with Crippen molar-refractivity contribution in [2.75, 3.05) is 5.32 Å². The minimum atomic E-state index is 0.541. The van der Waals surface area contributed by atoms with Gasteiger partial charge in [0.1, 0.15) is 0 Å². The van der Waals surface area contributed by atoms with E-state index in [4.69, 9.17) is 11.6 Å². The zero-order valence-electron chi connectivity index (χ0n) is 9.75. The number of nitrogens with one attached hydrogen (secondary N) is 1. The minimum absolute atomic E-state index is 0.541. The van der Waals surface area contributed by atoms with Gasteiger partial charge in [-0.25, -0.2) is 15.0 Å². The standard InChI is InChI=1S/C13H9ClN4S/c14-10-4-2-9(3-5-10)11-8-19-13(17-11)18-12-15-6-1-7-16-12/h1-8H,(H,15,16,17,18). The lowest BCUT2D eigenvalue weighted by Crippen LogP contribution is -1.94. The fourth-order valence-corrected chi connectivity index (χ4v) is 2.38. The maximum absolute atomic E-state index is 5.86. The quantitative estimate of drug-likeness (QED) is 0.791. The van der Waals surface area contributed by atoms with Crippen molar-refractivity contribution in [3.05, 3.63) is 53.1 Å². The van der Waals surface area contributed by atoms with Crippen molar-refractivity contribution < 1.29 is 0 Å². The third-order valence-corrected chi connectivity index (χ3v) is 3.44. The van der Waals surface area contributed by atoms with Crippen LogP contribution >= 0.6 is 22.9 Å². The van der Waals surface area contributed by atoms with Gasteiger partial charge in [-0.2, -0.15) is 0 Å². The van der Waals surface area contributed by atoms with Crippen molar-refractivity contribution in [3.63, 3.8) is 0 Å². The van der Waals surface area contributed by atoms with E-state index < -0.39 is 0 Å². The lowest BCUT2D eigenvalue weighted by Gasteiger charge is -1.99. The Balaban J connectivity index is 1.82. The van der Waals surface area contributed by atoms with Crippen LogP contribution in [0.5, 0.6) is 0 Å². The highest BCUT2D eigenvalue weighted by Gasteiger charge is 2.05. The summed E-state index contributed by atoms with van der Waals surface area (Å²) >= 11 is 7.37. The fourth-order valence-electron chi connectivity index (χ4n) is 1.54. The summed E-state index contributed by atoms with van der Waals surface area (Å²) in [5, 5.41) is 6.52. The molecule has 3 rings (SSSR count). The summed E-state index contributed by atoms with van der Waals surface area (Å²) in [5.41, 5.74) is 1.93. The summed E-state index contributed by atoms with van der Waals surface area (Å²) in [4.78, 5) is 12.7. The van der Waals surface area contributed by atoms with Gasteiger partial charge >= 0.3 is 0 Å². The molecule has 3 aromatic rings. The van der Waals surface area contributed by atoms with Crippen LogP contribution in [-0.4, -0.2) is 15.0 Å². The molecule has 0 bridgehead atoms. The zero-order valence-corrected chi connectivity index (χ0v) is 11.3. The highest BCUT2D eigenvalue weighted by molar-refractivity contribution is 7.14. The van der Waals surface area contributed by atoms with Gasteiger partial charge in [0.25, 0.3) is 0 Å². The molecule has 0 radical (unpaired) electrons. The first kappa shape index (κ1) is 12.1. The highest BCUT2D eigenvalue weighted by Crippen LogP contribution is 2.26. The average molecular weight is 289 g/mol. The Kier molecular flexibility index (Phi) is 3.39. The maximum atomic E-state index is 5.86. The molecule has 0 aliphatic carbocycles. The van der Waals surface area contributed by atoms with Gasteiger partial charge in [-0.15, -0.1) is 11.3 Å². The first-order valence-electron chi connectivity index (χ1n) is 5.57. The average Bonchev–Trinajstić information content (AvgIpc) is 2.89. The van der Waals surface area contributed by atoms with Crippen molar-refractivity contribution >= 4 is 34.0 Å². The fraction of sp³-hybridized carbons (Fsp3) is 0. The second-order valence-corrected chi connectivity index (χ2v) is 5.04. The molecule has 0 unspecified atom stereocenters. The predicted octanol–water partition coefficient (Wildman–Crippen LogP) is 4.00. The van der Waals surface area contributed by atoms with Gasteiger partial charge < -0.3 is 5.32 Å². The Bertz CT molecular complexity index is 667. The molecule has 1 N–H and O–H groups in total. The van der Waals surface area contributed by atoms with E-state index in [2.05, 4.69) is 20.3 Å². The lowest BCUT2D eigenvalue weighted by atomic mass is 10.2. The van der Waals surface area contributed by atoms with E-state index in [-0.39, 0.29) is 0 Å². The van der Waals surface area contributed by atoms with Crippen LogP contribution < -0.4 is 5.32 Å². The van der Waals surface area contributed by atoms with E-state index in [1.165, 1.54) is 11.3 Å². The second-order valence-electron chi connectivity index (χ2n) is 3.74. The number of aromatic nitrogens is 3. The van der Waals surface area contributed by atoms with Crippen LogP contribution in [0.4, 0.5) is 11.1 Å². The summed E-state index contributed by atoms with van der Waals surface area (Å²) in [7, 11) is 0. The Morgan fingerprint density at radius 3 is 2.53 bits per heavy atom. The van der Waals surface area contributed by atoms with E-state index in [0.29, 0.717) is 5.95 Å². The number of nitrogens with zero attached hydrogens (tertiary/aromatic N) is 3. The van der Waals surface area contributed by atoms with Crippen LogP contribution in [-0.2, 0) is 0 Å². The van der Waals surface area contributed by atoms with E-state index in [0.717, 1.165) is 21.4 Å². The number of thiazole rings is 1. The molecule has 2 aromatic heterocycles. The molecule has 0 aliphatic heterocycles. The van der Waals surface area contributed by atoms with Crippen molar-refractivity contribution in [1.82, 2.24) is 15.0 Å². The Labute approximate surface area is 119 Å². The lowest BCUT2D eigenvalue weighted by molar-refractivity contribution is 1.16. The summed E-state index contributed by atoms with van der Waals surface area (Å²) in [6.07, 6.45) is 3.37. The largest absolute Gasteiger partial charge is 0.300 e. The molecule has 6 heteroatoms. The Morgan fingerprint density at radius 2 is 1.79 bits per heavy atom. The molecule has 4 nitrogen and oxygen atoms in total. The van der Waals surface area contributed by atoms with E-state index >= 15 is 0 Å². The predicted molar refractivity (Wildman–Crippen MR) is 77.9 cm³/mol. The zero-order chi connectivity index (χ0) is 13.1. The molecule has 0 amide bonds. The van der Waals surface area contributed by atoms with Gasteiger partial charge in [0.2, 0.25) is 5.95 Å². The van der Waals surface area contributed by atoms with Crippen LogP contribution in [0.1, 0.15) is 0 Å². The topological polar surface area (TPSA) is 50.7 Å². The minimum Gasteiger partial charge on any atom is -0.300 e. The molecule has 0 saturated heterocycles. The molecule has 0 atom stereocenters. The summed E-state index contributed by atoms with van der Waals surface area (Å²) < 4.78 is 0. The van der Waals surface area contributed by atoms with Crippen LogP contribution in [0.15, 0.2) is 48.1 Å². The molecule has 0 spiro atoms. The van der Waals surface area contributed by atoms with Gasteiger partial charge in [-0.1, -0.05) is 23.7 Å². The molecule has 0 aliphatic rings. The molecular formula is C13H9ClN4S. The summed E-state index contributed by atoms with van der Waals surface area (Å²) in [5.74, 6) is 0.541. The number of benzene rings is 1. The van der Waals surface area contributed by atoms with Crippen molar-refractivity contribution in [3.8, 4) is 11.3 Å². The Morgan fingerprint density at radius 1 is 1.05 bits per heavy atom. The van der Waals surface area contributed by atoms with Crippen LogP contribution in [0.25, 0.3) is 11.3 Å². The second kappa shape index (κ2) is 5.34. The van der Waals surface area contributed by atoms with Crippen molar-refractivity contribution in [1.29, 1.82) is 0 Å². The van der Waals surface area contributed by atoms with Crippen LogP contribution in [0.2, 0.25) is 5.02 Å². The first-order valence-corrected chi connectivity index (χ1v) is 6.82. The highest BCUT2D eigenvalue weighted by atomic mass is 35.5. The first-order chi connectivity index (χ1) is 9.31. The molecule has 2 heterocycles. The summed E-state index contributed by atoms with van der Waals surface area (Å²) in [6, 6.07) is 9.36. The molecule has 19 heavy (non-hydrogen) atoms. The van der Waals surface area contributed by atoms with Gasteiger partial charge in [0.05, 0.1) is 5.69 Å². The third-order valence-electron chi connectivity index (χ3n) is 2.43. The van der Waals surface area contributed by atoms with Crippen molar-refractivity contribution in [2.45, 2.75) is 0 Å². The van der Waals surface area contributed by atoms with Gasteiger partial charge in [-0.05, 0) is 18.2 Å². The number of halogens is 1. The van der Waals surface area contributed by atoms with Gasteiger partial charge in [0.15, 0.2) is 5.13 Å². The number of hydrogen-bond donors (Lipinski definition) is 1. The van der Waals surface area contributed by atoms with E-state index in [1.807, 2.05) is 29.6 Å². The SMILES string of the molecule is Clc1ccc(-c2csc(Nc3ncccn3)n2)cc1. The van der Waals surface area contributed by atoms with Crippen LogP contribution in [0, 0.1) is 0 Å². The molecule has 0 fully saturated rings. The Hall–Kier alpha value is -1.98. The normalized spacial score (nSPS) is 10.4. The molecule has 1 aromatic carbocycles. The van der Waals surface area contributed by atoms with Crippen LogP contribution in [0.3, 0.4) is 0 Å². The van der Waals surface area contributed by atoms with Gasteiger partial charge in [0, 0.05) is 28.4 Å². The molecule has 0 saturated carbocycles. The maximum Gasteiger partial charge on any atom is 0.228 e. The number of anilines is 2. The van der Waals surface area contributed by atoms with Gasteiger partial charge in [-0.3, -0.25) is 0 Å².